The molecule has 1 saturated heterocycles. The van der Waals surface area contributed by atoms with Crippen molar-refractivity contribution in [2.45, 2.75) is 53.6 Å². The fourth-order valence-corrected chi connectivity index (χ4v) is 3.52. The van der Waals surface area contributed by atoms with Crippen LogP contribution < -0.4 is 9.80 Å². The maximum atomic E-state index is 4.40. The molecule has 2 rings (SSSR count). The Hall–Kier alpha value is -1.01. The normalized spacial score (nSPS) is 24.1. The molecule has 0 aromatic carbocycles. The number of rotatable bonds is 7. The molecule has 1 aromatic heterocycles. The Morgan fingerprint density at radius 1 is 1.09 bits per heavy atom. The van der Waals surface area contributed by atoms with Gasteiger partial charge in [-0.15, -0.1) is 5.10 Å². The van der Waals surface area contributed by atoms with E-state index >= 15 is 0 Å². The molecule has 0 spiro atoms. The summed E-state index contributed by atoms with van der Waals surface area (Å²) in [5.41, 5.74) is 0. The number of aryl methyl sites for hydroxylation is 1. The maximum Gasteiger partial charge on any atom is 0.209 e. The third-order valence-corrected chi connectivity index (χ3v) is 4.96. The Morgan fingerprint density at radius 3 is 2.32 bits per heavy atom. The highest BCUT2D eigenvalue weighted by Crippen LogP contribution is 2.16. The van der Waals surface area contributed by atoms with Gasteiger partial charge in [0, 0.05) is 12.5 Å². The molecule has 22 heavy (non-hydrogen) atoms. The van der Waals surface area contributed by atoms with Crippen molar-refractivity contribution in [2.24, 2.45) is 11.8 Å². The molecule has 6 nitrogen and oxygen atoms in total. The van der Waals surface area contributed by atoms with Gasteiger partial charge in [-0.3, -0.25) is 0 Å². The van der Waals surface area contributed by atoms with Crippen LogP contribution in [0, 0.1) is 11.8 Å². The molecule has 1 aliphatic rings. The molecule has 0 saturated carbocycles. The standard InChI is InChI=1S/C16H32N6/c1-6-20-9-11-21(12-10-20)15(14(4)5)16-17-18-19-22(16)8-7-13(2)3/h13-15H,6-12H2,1-5H3/p+2/t15-/m1/s1. The summed E-state index contributed by atoms with van der Waals surface area (Å²) in [5, 5.41) is 12.6. The van der Waals surface area contributed by atoms with E-state index in [1.165, 1.54) is 32.7 Å². The highest BCUT2D eigenvalue weighted by atomic mass is 15.6. The van der Waals surface area contributed by atoms with Gasteiger partial charge in [-0.1, -0.05) is 27.7 Å². The molecular weight excluding hydrogens is 276 g/mol. The lowest BCUT2D eigenvalue weighted by Crippen LogP contribution is -3.28. The molecule has 6 heteroatoms. The van der Waals surface area contributed by atoms with E-state index in [0.29, 0.717) is 17.9 Å². The summed E-state index contributed by atoms with van der Waals surface area (Å²) in [6.45, 7) is 18.6. The molecule has 1 atom stereocenters. The van der Waals surface area contributed by atoms with Gasteiger partial charge in [0.2, 0.25) is 5.82 Å². The van der Waals surface area contributed by atoms with Gasteiger partial charge in [0.25, 0.3) is 0 Å². The number of piperazine rings is 1. The number of hydrogen-bond acceptors (Lipinski definition) is 3. The Morgan fingerprint density at radius 2 is 1.77 bits per heavy atom. The molecule has 2 heterocycles. The number of tetrazole rings is 1. The van der Waals surface area contributed by atoms with Gasteiger partial charge in [-0.05, 0) is 29.7 Å². The predicted molar refractivity (Wildman–Crippen MR) is 86.8 cm³/mol. The second-order valence-corrected chi connectivity index (χ2v) is 7.43. The zero-order chi connectivity index (χ0) is 16.1. The van der Waals surface area contributed by atoms with Crippen LogP contribution in [-0.2, 0) is 6.54 Å². The maximum absolute atomic E-state index is 4.40. The lowest BCUT2D eigenvalue weighted by atomic mass is 10.0. The van der Waals surface area contributed by atoms with Crippen LogP contribution in [-0.4, -0.2) is 52.9 Å². The first-order valence-electron chi connectivity index (χ1n) is 8.97. The largest absolute Gasteiger partial charge is 0.326 e. The molecule has 0 radical (unpaired) electrons. The van der Waals surface area contributed by atoms with Gasteiger partial charge in [-0.25, -0.2) is 4.68 Å². The average Bonchev–Trinajstić information content (AvgIpc) is 2.94. The van der Waals surface area contributed by atoms with E-state index < -0.39 is 0 Å². The molecule has 2 N–H and O–H groups in total. The lowest BCUT2D eigenvalue weighted by Gasteiger charge is -2.35. The van der Waals surface area contributed by atoms with Gasteiger partial charge < -0.3 is 9.80 Å². The van der Waals surface area contributed by atoms with Gasteiger partial charge in [-0.2, -0.15) is 0 Å². The summed E-state index contributed by atoms with van der Waals surface area (Å²) >= 11 is 0. The van der Waals surface area contributed by atoms with Crippen molar-refractivity contribution in [1.82, 2.24) is 20.2 Å². The van der Waals surface area contributed by atoms with Crippen LogP contribution in [0.25, 0.3) is 0 Å². The van der Waals surface area contributed by atoms with Crippen molar-refractivity contribution in [2.75, 3.05) is 32.7 Å². The Labute approximate surface area is 134 Å². The molecule has 0 aliphatic carbocycles. The van der Waals surface area contributed by atoms with Crippen LogP contribution in [0.15, 0.2) is 0 Å². The average molecular weight is 310 g/mol. The Kier molecular flexibility index (Phi) is 6.32. The molecule has 1 aliphatic heterocycles. The van der Waals surface area contributed by atoms with Crippen LogP contribution in [0.2, 0.25) is 0 Å². The van der Waals surface area contributed by atoms with Crippen molar-refractivity contribution in [3.63, 3.8) is 0 Å². The summed E-state index contributed by atoms with van der Waals surface area (Å²) < 4.78 is 2.05. The quantitative estimate of drug-likeness (QED) is 0.695. The number of quaternary nitrogens is 2. The van der Waals surface area contributed by atoms with E-state index in [2.05, 4.69) is 54.8 Å². The third-order valence-electron chi connectivity index (χ3n) is 4.96. The van der Waals surface area contributed by atoms with E-state index in [1.807, 2.05) is 0 Å². The summed E-state index contributed by atoms with van der Waals surface area (Å²) in [4.78, 5) is 3.39. The van der Waals surface area contributed by atoms with Crippen molar-refractivity contribution in [3.8, 4) is 0 Å². The highest BCUT2D eigenvalue weighted by Gasteiger charge is 2.35. The van der Waals surface area contributed by atoms with Crippen LogP contribution in [0.4, 0.5) is 0 Å². The summed E-state index contributed by atoms with van der Waals surface area (Å²) in [5.74, 6) is 2.33. The molecular formula is C16H34N6+2. The van der Waals surface area contributed by atoms with Crippen LogP contribution in [0.5, 0.6) is 0 Å². The molecule has 0 amide bonds. The molecule has 1 aromatic rings. The summed E-state index contributed by atoms with van der Waals surface area (Å²) in [6, 6.07) is 0.417. The van der Waals surface area contributed by atoms with Gasteiger partial charge in [0.15, 0.2) is 6.04 Å². The minimum absolute atomic E-state index is 0.417. The molecule has 0 unspecified atom stereocenters. The first-order chi connectivity index (χ1) is 10.5. The first-order valence-corrected chi connectivity index (χ1v) is 8.97. The first kappa shape index (κ1) is 17.3. The topological polar surface area (TPSA) is 52.5 Å². The van der Waals surface area contributed by atoms with E-state index in [0.717, 1.165) is 18.8 Å². The molecule has 0 bridgehead atoms. The van der Waals surface area contributed by atoms with E-state index in [9.17, 15) is 0 Å². The number of aromatic nitrogens is 4. The minimum atomic E-state index is 0.417. The van der Waals surface area contributed by atoms with Crippen molar-refractivity contribution >= 4 is 0 Å². The second-order valence-electron chi connectivity index (χ2n) is 7.43. The van der Waals surface area contributed by atoms with Crippen LogP contribution in [0.1, 0.15) is 52.9 Å². The van der Waals surface area contributed by atoms with Crippen molar-refractivity contribution in [3.05, 3.63) is 5.82 Å². The van der Waals surface area contributed by atoms with Gasteiger partial charge in [0.1, 0.15) is 26.2 Å². The lowest BCUT2D eigenvalue weighted by molar-refractivity contribution is -1.03. The number of nitrogens with one attached hydrogen (secondary N) is 2. The predicted octanol–water partition coefficient (Wildman–Crippen LogP) is -0.780. The van der Waals surface area contributed by atoms with Gasteiger partial charge >= 0.3 is 0 Å². The number of hydrogen-bond donors (Lipinski definition) is 2. The minimum Gasteiger partial charge on any atom is -0.326 e. The van der Waals surface area contributed by atoms with Gasteiger partial charge in [0.05, 0.1) is 6.54 Å². The second kappa shape index (κ2) is 8.02. The van der Waals surface area contributed by atoms with Crippen LogP contribution in [0.3, 0.4) is 0 Å². The zero-order valence-electron chi connectivity index (χ0n) is 15.0. The molecule has 1 fully saturated rings. The smallest absolute Gasteiger partial charge is 0.209 e. The third kappa shape index (κ3) is 4.26. The summed E-state index contributed by atoms with van der Waals surface area (Å²) in [7, 11) is 0. The Balaban J connectivity index is 2.10. The SMILES string of the molecule is CC[NH+]1CC[NH+]([C@@H](c2nnnn2CCC(C)C)C(C)C)CC1. The Bertz CT molecular complexity index is 434. The fraction of sp³-hybridized carbons (Fsp3) is 0.938. The number of likely N-dealkylation sites (N-methyl/N-ethyl adjacent to an activating group) is 1. The van der Waals surface area contributed by atoms with Crippen molar-refractivity contribution < 1.29 is 9.80 Å². The van der Waals surface area contributed by atoms with E-state index in [4.69, 9.17) is 0 Å². The van der Waals surface area contributed by atoms with E-state index in [-0.39, 0.29) is 0 Å². The van der Waals surface area contributed by atoms with Crippen molar-refractivity contribution in [1.29, 1.82) is 0 Å². The summed E-state index contributed by atoms with van der Waals surface area (Å²) in [6.07, 6.45) is 1.13. The number of nitrogens with zero attached hydrogens (tertiary/aromatic N) is 4. The van der Waals surface area contributed by atoms with E-state index in [1.54, 1.807) is 9.80 Å². The van der Waals surface area contributed by atoms with Crippen LogP contribution >= 0.6 is 0 Å². The monoisotopic (exact) mass is 310 g/mol. The fourth-order valence-electron chi connectivity index (χ4n) is 3.52. The highest BCUT2D eigenvalue weighted by molar-refractivity contribution is 4.89. The molecule has 126 valence electrons. The zero-order valence-corrected chi connectivity index (χ0v) is 15.0.